The second-order valence-electron chi connectivity index (χ2n) is 3.67. The van der Waals surface area contributed by atoms with Crippen LogP contribution in [0, 0.1) is 11.3 Å². The summed E-state index contributed by atoms with van der Waals surface area (Å²) in [5.41, 5.74) is 2.30. The van der Waals surface area contributed by atoms with Crippen LogP contribution in [0.5, 0.6) is 5.88 Å². The first-order valence-corrected chi connectivity index (χ1v) is 6.27. The highest BCUT2D eigenvalue weighted by molar-refractivity contribution is 5.46. The maximum Gasteiger partial charge on any atom is 0.251 e. The maximum atomic E-state index is 9.22. The molecule has 0 saturated heterocycles. The molecule has 98 valence electrons. The van der Waals surface area contributed by atoms with Gasteiger partial charge >= 0.3 is 0 Å². The van der Waals surface area contributed by atoms with E-state index < -0.39 is 0 Å². The van der Waals surface area contributed by atoms with Gasteiger partial charge in [-0.05, 0) is 25.3 Å². The van der Waals surface area contributed by atoms with Crippen LogP contribution in [0.2, 0.25) is 0 Å². The third-order valence-corrected chi connectivity index (χ3v) is 2.60. The summed E-state index contributed by atoms with van der Waals surface area (Å²) >= 11 is 0. The van der Waals surface area contributed by atoms with Crippen molar-refractivity contribution in [2.45, 2.75) is 33.6 Å². The molecule has 0 radical (unpaired) electrons. The first-order valence-electron chi connectivity index (χ1n) is 6.27. The van der Waals surface area contributed by atoms with Crippen molar-refractivity contribution in [3.63, 3.8) is 0 Å². The smallest absolute Gasteiger partial charge is 0.251 e. The van der Waals surface area contributed by atoms with Crippen molar-refractivity contribution < 1.29 is 9.47 Å². The summed E-state index contributed by atoms with van der Waals surface area (Å²) in [6.45, 7) is 7.44. The zero-order valence-electron chi connectivity index (χ0n) is 11.2. The monoisotopic (exact) mass is 249 g/mol. The minimum absolute atomic E-state index is 0.311. The molecule has 0 aromatic carbocycles. The molecular weight excluding hydrogens is 230 g/mol. The lowest BCUT2D eigenvalue weighted by atomic mass is 10.0. The Kier molecular flexibility index (Phi) is 6.09. The lowest BCUT2D eigenvalue weighted by Gasteiger charge is -2.11. The molecule has 1 rings (SSSR count). The van der Waals surface area contributed by atoms with Gasteiger partial charge in [-0.25, -0.2) is 0 Å². The number of rotatable bonds is 7. The van der Waals surface area contributed by atoms with E-state index in [1.807, 2.05) is 20.8 Å². The minimum Gasteiger partial charge on any atom is -0.473 e. The first-order chi connectivity index (χ1) is 8.78. The molecule has 0 bridgehead atoms. The molecule has 1 aromatic heterocycles. The van der Waals surface area contributed by atoms with Gasteiger partial charge in [-0.1, -0.05) is 13.8 Å². The average Bonchev–Trinajstić information content (AvgIpc) is 2.42. The van der Waals surface area contributed by atoms with E-state index in [0.717, 1.165) is 24.1 Å². The summed E-state index contributed by atoms with van der Waals surface area (Å²) in [7, 11) is 0. The number of hydrogen-bond donors (Lipinski definition) is 0. The number of nitrogens with zero attached hydrogens (tertiary/aromatic N) is 3. The fourth-order valence-corrected chi connectivity index (χ4v) is 1.71. The molecule has 0 aliphatic heterocycles. The molecule has 0 N–H and O–H groups in total. The maximum absolute atomic E-state index is 9.22. The van der Waals surface area contributed by atoms with Gasteiger partial charge in [0, 0.05) is 6.61 Å². The van der Waals surface area contributed by atoms with Crippen LogP contribution in [-0.4, -0.2) is 30.0 Å². The van der Waals surface area contributed by atoms with E-state index in [2.05, 4.69) is 16.3 Å². The van der Waals surface area contributed by atoms with E-state index in [-0.39, 0.29) is 0 Å². The molecule has 18 heavy (non-hydrogen) atoms. The van der Waals surface area contributed by atoms with Crippen molar-refractivity contribution >= 4 is 0 Å². The van der Waals surface area contributed by atoms with Gasteiger partial charge in [0.2, 0.25) is 0 Å². The van der Waals surface area contributed by atoms with Gasteiger partial charge in [0.1, 0.15) is 18.2 Å². The molecule has 0 spiro atoms. The highest BCUT2D eigenvalue weighted by Crippen LogP contribution is 2.21. The molecule has 5 nitrogen and oxygen atoms in total. The second-order valence-corrected chi connectivity index (χ2v) is 3.67. The van der Waals surface area contributed by atoms with Crippen molar-refractivity contribution in [1.82, 2.24) is 10.2 Å². The molecule has 5 heteroatoms. The van der Waals surface area contributed by atoms with E-state index in [4.69, 9.17) is 9.47 Å². The van der Waals surface area contributed by atoms with Crippen molar-refractivity contribution in [3.8, 4) is 11.9 Å². The lowest BCUT2D eigenvalue weighted by molar-refractivity contribution is 0.108. The van der Waals surface area contributed by atoms with Crippen molar-refractivity contribution in [2.24, 2.45) is 0 Å². The summed E-state index contributed by atoms with van der Waals surface area (Å²) in [5, 5.41) is 17.3. The highest BCUT2D eigenvalue weighted by atomic mass is 16.5. The molecule has 1 heterocycles. The Morgan fingerprint density at radius 3 is 2.44 bits per heavy atom. The fraction of sp³-hybridized carbons (Fsp3) is 0.615. The second kappa shape index (κ2) is 7.62. The van der Waals surface area contributed by atoms with E-state index in [1.54, 1.807) is 0 Å². The number of aromatic nitrogens is 2. The zero-order chi connectivity index (χ0) is 13.4. The van der Waals surface area contributed by atoms with Crippen LogP contribution >= 0.6 is 0 Å². The van der Waals surface area contributed by atoms with Gasteiger partial charge in [0.05, 0.1) is 12.3 Å². The third-order valence-electron chi connectivity index (χ3n) is 2.60. The Bertz CT molecular complexity index is 427. The predicted octanol–water partition coefficient (Wildman–Crippen LogP) is 1.89. The minimum atomic E-state index is 0.311. The van der Waals surface area contributed by atoms with Gasteiger partial charge in [0.15, 0.2) is 0 Å². The molecule has 0 amide bonds. The van der Waals surface area contributed by atoms with E-state index >= 15 is 0 Å². The van der Waals surface area contributed by atoms with Crippen LogP contribution < -0.4 is 4.74 Å². The fourth-order valence-electron chi connectivity index (χ4n) is 1.71. The standard InChI is InChI=1S/C13H19N3O2/c1-4-10-11(9-14)13(16-15-12(10)5-2)18-8-7-17-6-3/h4-8H2,1-3H3. The lowest BCUT2D eigenvalue weighted by Crippen LogP contribution is -2.11. The first kappa shape index (κ1) is 14.4. The molecule has 0 unspecified atom stereocenters. The van der Waals surface area contributed by atoms with E-state index in [9.17, 15) is 5.26 Å². The van der Waals surface area contributed by atoms with Crippen LogP contribution in [0.25, 0.3) is 0 Å². The zero-order valence-corrected chi connectivity index (χ0v) is 11.2. The number of hydrogen-bond acceptors (Lipinski definition) is 5. The number of aryl methyl sites for hydroxylation is 1. The van der Waals surface area contributed by atoms with Gasteiger partial charge in [-0.2, -0.15) is 10.4 Å². The van der Waals surface area contributed by atoms with Crippen molar-refractivity contribution in [1.29, 1.82) is 5.26 Å². The molecule has 0 aliphatic carbocycles. The van der Waals surface area contributed by atoms with Gasteiger partial charge in [-0.15, -0.1) is 5.10 Å². The molecule has 0 fully saturated rings. The summed E-state index contributed by atoms with van der Waals surface area (Å²) in [6.07, 6.45) is 1.52. The normalized spacial score (nSPS) is 10.1. The molecule has 1 aromatic rings. The largest absolute Gasteiger partial charge is 0.473 e. The van der Waals surface area contributed by atoms with E-state index in [1.165, 1.54) is 0 Å². The van der Waals surface area contributed by atoms with Crippen LogP contribution in [0.1, 0.15) is 37.6 Å². The van der Waals surface area contributed by atoms with Gasteiger partial charge in [0.25, 0.3) is 5.88 Å². The van der Waals surface area contributed by atoms with Crippen LogP contribution in [-0.2, 0) is 17.6 Å². The molecular formula is C13H19N3O2. The Labute approximate surface area is 108 Å². The van der Waals surface area contributed by atoms with Crippen LogP contribution in [0.4, 0.5) is 0 Å². The SMILES string of the molecule is CCOCCOc1nnc(CC)c(CC)c1C#N. The predicted molar refractivity (Wildman–Crippen MR) is 67.5 cm³/mol. The summed E-state index contributed by atoms with van der Waals surface area (Å²) in [6, 6.07) is 2.16. The van der Waals surface area contributed by atoms with Gasteiger partial charge < -0.3 is 9.47 Å². The quantitative estimate of drug-likeness (QED) is 0.690. The Morgan fingerprint density at radius 2 is 1.89 bits per heavy atom. The molecule has 0 aliphatic rings. The van der Waals surface area contributed by atoms with Gasteiger partial charge in [-0.3, -0.25) is 0 Å². The topological polar surface area (TPSA) is 68.0 Å². The third kappa shape index (κ3) is 3.41. The highest BCUT2D eigenvalue weighted by Gasteiger charge is 2.15. The van der Waals surface area contributed by atoms with Crippen molar-refractivity contribution in [3.05, 3.63) is 16.8 Å². The number of ether oxygens (including phenoxy) is 2. The van der Waals surface area contributed by atoms with Crippen LogP contribution in [0.15, 0.2) is 0 Å². The summed E-state index contributed by atoms with van der Waals surface area (Å²) < 4.78 is 10.6. The van der Waals surface area contributed by atoms with Crippen molar-refractivity contribution in [2.75, 3.05) is 19.8 Å². The Balaban J connectivity index is 2.89. The number of nitriles is 1. The Morgan fingerprint density at radius 1 is 1.11 bits per heavy atom. The Hall–Kier alpha value is -1.67. The van der Waals surface area contributed by atoms with E-state index in [0.29, 0.717) is 31.3 Å². The molecule has 0 saturated carbocycles. The van der Waals surface area contributed by atoms with Crippen LogP contribution in [0.3, 0.4) is 0 Å². The summed E-state index contributed by atoms with van der Waals surface area (Å²) in [5.74, 6) is 0.311. The average molecular weight is 249 g/mol. The summed E-state index contributed by atoms with van der Waals surface area (Å²) in [4.78, 5) is 0. The molecule has 0 atom stereocenters.